The van der Waals surface area contributed by atoms with Crippen molar-refractivity contribution in [3.05, 3.63) is 53.7 Å². The standard InChI is InChI=1S/C25H27F3N4O3/c1-23(2)21(33)32(19-5-3-17(4-6-19)24(9-10-24)25(26,27)28)22(34)31(23)14-16-7-11-29-20(13-16)30-18-8-12-35-15-18/h3-7,11,13,18H,8-10,12,14-15H2,1-2H3,(H,29,30)/t18-/m1/s1. The highest BCUT2D eigenvalue weighted by atomic mass is 19.4. The van der Waals surface area contributed by atoms with Gasteiger partial charge in [0, 0.05) is 19.3 Å². The summed E-state index contributed by atoms with van der Waals surface area (Å²) in [6.07, 6.45) is -1.69. The first kappa shape index (κ1) is 23.6. The van der Waals surface area contributed by atoms with Crippen molar-refractivity contribution < 1.29 is 27.5 Å². The van der Waals surface area contributed by atoms with Crippen molar-refractivity contribution in [2.75, 3.05) is 23.4 Å². The molecule has 0 bridgehead atoms. The fourth-order valence-electron chi connectivity index (χ4n) is 4.81. The van der Waals surface area contributed by atoms with Gasteiger partial charge in [-0.05, 0) is 68.5 Å². The van der Waals surface area contributed by atoms with Crippen molar-refractivity contribution in [3.8, 4) is 0 Å². The van der Waals surface area contributed by atoms with E-state index in [1.807, 2.05) is 6.07 Å². The van der Waals surface area contributed by atoms with Crippen LogP contribution >= 0.6 is 0 Å². The number of amides is 3. The summed E-state index contributed by atoms with van der Waals surface area (Å²) < 4.78 is 45.8. The zero-order chi connectivity index (χ0) is 25.0. The maximum atomic E-state index is 13.5. The van der Waals surface area contributed by atoms with E-state index in [4.69, 9.17) is 4.74 Å². The Morgan fingerprint density at radius 3 is 2.46 bits per heavy atom. The Balaban J connectivity index is 1.35. The van der Waals surface area contributed by atoms with E-state index in [9.17, 15) is 22.8 Å². The monoisotopic (exact) mass is 488 g/mol. The quantitative estimate of drug-likeness (QED) is 0.601. The number of rotatable bonds is 6. The lowest BCUT2D eigenvalue weighted by atomic mass is 9.95. The smallest absolute Gasteiger partial charge is 0.379 e. The van der Waals surface area contributed by atoms with E-state index in [0.717, 1.165) is 16.9 Å². The number of carbonyl (C=O) groups excluding carboxylic acids is 2. The number of benzene rings is 1. The number of hydrogen-bond acceptors (Lipinski definition) is 5. The van der Waals surface area contributed by atoms with Crippen LogP contribution in [-0.2, 0) is 21.5 Å². The van der Waals surface area contributed by atoms with Gasteiger partial charge >= 0.3 is 12.2 Å². The molecule has 3 aliphatic rings. The molecule has 2 aliphatic heterocycles. The van der Waals surface area contributed by atoms with Gasteiger partial charge in [0.05, 0.1) is 23.8 Å². The summed E-state index contributed by atoms with van der Waals surface area (Å²) in [5, 5.41) is 3.32. The van der Waals surface area contributed by atoms with Gasteiger partial charge in [0.2, 0.25) is 0 Å². The molecule has 3 fully saturated rings. The molecule has 10 heteroatoms. The average Bonchev–Trinajstić information content (AvgIpc) is 3.45. The molecule has 1 aromatic carbocycles. The minimum atomic E-state index is -4.32. The minimum Gasteiger partial charge on any atom is -0.379 e. The maximum absolute atomic E-state index is 13.5. The van der Waals surface area contributed by atoms with Crippen LogP contribution < -0.4 is 10.2 Å². The second kappa shape index (κ2) is 8.22. The number of halogens is 3. The molecule has 1 saturated carbocycles. The summed E-state index contributed by atoms with van der Waals surface area (Å²) in [5.41, 5.74) is -1.72. The topological polar surface area (TPSA) is 74.8 Å². The third kappa shape index (κ3) is 4.03. The Hall–Kier alpha value is -3.14. The third-order valence-electron chi connectivity index (χ3n) is 7.24. The van der Waals surface area contributed by atoms with Gasteiger partial charge in [0.25, 0.3) is 5.91 Å². The zero-order valence-electron chi connectivity index (χ0n) is 19.6. The van der Waals surface area contributed by atoms with E-state index in [1.54, 1.807) is 26.1 Å². The van der Waals surface area contributed by atoms with Gasteiger partial charge in [-0.1, -0.05) is 12.1 Å². The SMILES string of the molecule is CC1(C)C(=O)N(c2ccc(C3(C(F)(F)F)CC3)cc2)C(=O)N1Cc1ccnc(N[C@@H]2CCOC2)c1. The fraction of sp³-hybridized carbons (Fsp3) is 0.480. The van der Waals surface area contributed by atoms with Gasteiger partial charge in [-0.15, -0.1) is 0 Å². The van der Waals surface area contributed by atoms with E-state index in [2.05, 4.69) is 10.3 Å². The highest BCUT2D eigenvalue weighted by molar-refractivity contribution is 6.22. The van der Waals surface area contributed by atoms with Gasteiger partial charge in [-0.2, -0.15) is 13.2 Å². The third-order valence-corrected chi connectivity index (χ3v) is 7.24. The van der Waals surface area contributed by atoms with Gasteiger partial charge in [-0.3, -0.25) is 4.79 Å². The van der Waals surface area contributed by atoms with E-state index < -0.39 is 29.1 Å². The van der Waals surface area contributed by atoms with E-state index in [1.165, 1.54) is 29.2 Å². The Morgan fingerprint density at radius 1 is 1.14 bits per heavy atom. The number of aromatic nitrogens is 1. The number of alkyl halides is 3. The van der Waals surface area contributed by atoms with Crippen molar-refractivity contribution in [1.82, 2.24) is 9.88 Å². The van der Waals surface area contributed by atoms with Crippen LogP contribution in [0.1, 0.15) is 44.2 Å². The normalized spacial score (nSPS) is 23.2. The molecular formula is C25H27F3N4O3. The van der Waals surface area contributed by atoms with Crippen LogP contribution in [0, 0.1) is 0 Å². The fourth-order valence-corrected chi connectivity index (χ4v) is 4.81. The van der Waals surface area contributed by atoms with E-state index in [0.29, 0.717) is 19.0 Å². The summed E-state index contributed by atoms with van der Waals surface area (Å²) in [7, 11) is 0. The predicted molar refractivity (Wildman–Crippen MR) is 123 cm³/mol. The zero-order valence-corrected chi connectivity index (χ0v) is 19.6. The first-order valence-electron chi connectivity index (χ1n) is 11.7. The summed E-state index contributed by atoms with van der Waals surface area (Å²) in [4.78, 5) is 33.4. The number of ether oxygens (including phenoxy) is 1. The molecule has 1 aliphatic carbocycles. The number of imide groups is 1. The predicted octanol–water partition coefficient (Wildman–Crippen LogP) is 4.62. The molecule has 2 saturated heterocycles. The lowest BCUT2D eigenvalue weighted by molar-refractivity contribution is -0.160. The molecule has 7 nitrogen and oxygen atoms in total. The van der Waals surface area contributed by atoms with Crippen LogP contribution in [-0.4, -0.2) is 52.8 Å². The molecule has 2 aromatic rings. The van der Waals surface area contributed by atoms with Crippen LogP contribution in [0.4, 0.5) is 29.5 Å². The van der Waals surface area contributed by atoms with Crippen LogP contribution in [0.5, 0.6) is 0 Å². The maximum Gasteiger partial charge on any atom is 0.398 e. The second-order valence-electron chi connectivity index (χ2n) is 9.95. The Kier molecular flexibility index (Phi) is 5.54. The number of hydrogen-bond donors (Lipinski definition) is 1. The van der Waals surface area contributed by atoms with Crippen molar-refractivity contribution >= 4 is 23.4 Å². The highest BCUT2D eigenvalue weighted by Gasteiger charge is 2.64. The van der Waals surface area contributed by atoms with Crippen molar-refractivity contribution in [3.63, 3.8) is 0 Å². The number of carbonyl (C=O) groups is 2. The van der Waals surface area contributed by atoms with Gasteiger partial charge in [-0.25, -0.2) is 14.7 Å². The molecule has 5 rings (SSSR count). The van der Waals surface area contributed by atoms with Crippen molar-refractivity contribution in [2.45, 2.75) is 62.8 Å². The Bertz CT molecular complexity index is 1140. The Labute approximate surface area is 201 Å². The first-order chi connectivity index (χ1) is 16.5. The van der Waals surface area contributed by atoms with E-state index >= 15 is 0 Å². The molecule has 3 amide bonds. The molecule has 0 radical (unpaired) electrons. The highest BCUT2D eigenvalue weighted by Crippen LogP contribution is 2.59. The van der Waals surface area contributed by atoms with Crippen LogP contribution in [0.15, 0.2) is 42.6 Å². The number of pyridine rings is 1. The number of urea groups is 1. The van der Waals surface area contributed by atoms with Crippen LogP contribution in [0.25, 0.3) is 0 Å². The number of nitrogens with zero attached hydrogens (tertiary/aromatic N) is 3. The van der Waals surface area contributed by atoms with Crippen molar-refractivity contribution in [2.24, 2.45) is 0 Å². The minimum absolute atomic E-state index is 0.0504. The van der Waals surface area contributed by atoms with Crippen molar-refractivity contribution in [1.29, 1.82) is 0 Å². The largest absolute Gasteiger partial charge is 0.398 e. The lowest BCUT2D eigenvalue weighted by Gasteiger charge is -2.27. The lowest BCUT2D eigenvalue weighted by Crippen LogP contribution is -2.43. The summed E-state index contributed by atoms with van der Waals surface area (Å²) in [6, 6.07) is 8.89. The molecule has 1 aromatic heterocycles. The van der Waals surface area contributed by atoms with Gasteiger partial charge in [0.15, 0.2) is 0 Å². The molecule has 35 heavy (non-hydrogen) atoms. The summed E-state index contributed by atoms with van der Waals surface area (Å²) in [5.74, 6) is 0.239. The Morgan fingerprint density at radius 2 is 1.86 bits per heavy atom. The molecule has 3 heterocycles. The summed E-state index contributed by atoms with van der Waals surface area (Å²) >= 11 is 0. The van der Waals surface area contributed by atoms with E-state index in [-0.39, 0.29) is 36.7 Å². The number of nitrogens with one attached hydrogen (secondary N) is 1. The average molecular weight is 489 g/mol. The molecule has 0 spiro atoms. The first-order valence-corrected chi connectivity index (χ1v) is 11.7. The second-order valence-corrected chi connectivity index (χ2v) is 9.95. The molecule has 0 unspecified atom stereocenters. The number of anilines is 2. The molecule has 186 valence electrons. The van der Waals surface area contributed by atoms with Crippen LogP contribution in [0.3, 0.4) is 0 Å². The summed E-state index contributed by atoms with van der Waals surface area (Å²) in [6.45, 7) is 4.82. The van der Waals surface area contributed by atoms with Crippen LogP contribution in [0.2, 0.25) is 0 Å². The molecule has 1 N–H and O–H groups in total. The molecular weight excluding hydrogens is 461 g/mol. The van der Waals surface area contributed by atoms with Gasteiger partial charge < -0.3 is 15.0 Å². The molecule has 1 atom stereocenters. The van der Waals surface area contributed by atoms with Gasteiger partial charge in [0.1, 0.15) is 11.4 Å².